The van der Waals surface area contributed by atoms with Crippen molar-refractivity contribution in [1.29, 1.82) is 0 Å². The van der Waals surface area contributed by atoms with E-state index in [9.17, 15) is 8.42 Å². The largest absolute Gasteiger partial charge is 0.383 e. The molecule has 17 heavy (non-hydrogen) atoms. The molecule has 0 atom stereocenters. The number of hydrogen-bond donors (Lipinski definition) is 2. The van der Waals surface area contributed by atoms with Crippen molar-refractivity contribution < 1.29 is 8.42 Å². The minimum atomic E-state index is -3.47. The third kappa shape index (κ3) is 2.30. The lowest BCUT2D eigenvalue weighted by atomic mass is 9.96. The molecule has 1 aromatic rings. The second kappa shape index (κ2) is 4.66. The van der Waals surface area contributed by atoms with Gasteiger partial charge in [0.2, 0.25) is 10.0 Å². The number of sulfonamides is 1. The van der Waals surface area contributed by atoms with Crippen molar-refractivity contribution in [2.45, 2.75) is 31.1 Å². The molecule has 1 aromatic heterocycles. The predicted octanol–water partition coefficient (Wildman–Crippen LogP) is 0.803. The first-order valence-electron chi connectivity index (χ1n) is 5.84. The van der Waals surface area contributed by atoms with Gasteiger partial charge in [-0.15, -0.1) is 0 Å². The number of piperidine rings is 1. The van der Waals surface area contributed by atoms with Crippen molar-refractivity contribution in [2.24, 2.45) is 5.92 Å². The molecule has 1 aliphatic rings. The normalized spacial score (nSPS) is 19.6. The highest BCUT2D eigenvalue weighted by Crippen LogP contribution is 2.26. The third-order valence-corrected chi connectivity index (χ3v) is 5.33. The van der Waals surface area contributed by atoms with Gasteiger partial charge in [-0.3, -0.25) is 5.10 Å². The number of H-pyrrole nitrogens is 1. The fourth-order valence-corrected chi connectivity index (χ4v) is 3.67. The van der Waals surface area contributed by atoms with Gasteiger partial charge in [-0.05, 0) is 18.8 Å². The second-order valence-electron chi connectivity index (χ2n) is 4.40. The van der Waals surface area contributed by atoms with E-state index in [1.807, 2.05) is 0 Å². The molecule has 96 valence electrons. The predicted molar refractivity (Wildman–Crippen MR) is 64.8 cm³/mol. The smallest absolute Gasteiger partial charge is 0.248 e. The van der Waals surface area contributed by atoms with Crippen LogP contribution in [-0.2, 0) is 10.0 Å². The highest BCUT2D eigenvalue weighted by molar-refractivity contribution is 7.89. The minimum Gasteiger partial charge on any atom is -0.383 e. The van der Waals surface area contributed by atoms with Crippen molar-refractivity contribution in [3.8, 4) is 0 Å². The summed E-state index contributed by atoms with van der Waals surface area (Å²) >= 11 is 0. The Kier molecular flexibility index (Phi) is 3.39. The summed E-state index contributed by atoms with van der Waals surface area (Å²) in [6, 6.07) is 0. The SMILES string of the molecule is CCC1CCN(S(=O)(=O)c2cn[nH]c2N)CC1. The zero-order valence-corrected chi connectivity index (χ0v) is 10.7. The van der Waals surface area contributed by atoms with E-state index in [4.69, 9.17) is 5.73 Å². The summed E-state index contributed by atoms with van der Waals surface area (Å²) in [5, 5.41) is 6.11. The molecule has 0 aromatic carbocycles. The lowest BCUT2D eigenvalue weighted by Crippen LogP contribution is -2.38. The van der Waals surface area contributed by atoms with E-state index in [0.29, 0.717) is 19.0 Å². The Morgan fingerprint density at radius 3 is 2.65 bits per heavy atom. The average molecular weight is 258 g/mol. The summed E-state index contributed by atoms with van der Waals surface area (Å²) in [4.78, 5) is 0.0902. The lowest BCUT2D eigenvalue weighted by molar-refractivity contribution is 0.269. The molecule has 0 saturated carbocycles. The number of rotatable bonds is 3. The Labute approximate surface area is 101 Å². The van der Waals surface area contributed by atoms with E-state index in [1.165, 1.54) is 10.5 Å². The summed E-state index contributed by atoms with van der Waals surface area (Å²) < 4.78 is 26.0. The van der Waals surface area contributed by atoms with Crippen LogP contribution in [0.3, 0.4) is 0 Å². The van der Waals surface area contributed by atoms with Crippen molar-refractivity contribution >= 4 is 15.8 Å². The molecule has 1 aliphatic heterocycles. The van der Waals surface area contributed by atoms with Crippen molar-refractivity contribution in [2.75, 3.05) is 18.8 Å². The molecule has 2 rings (SSSR count). The van der Waals surface area contributed by atoms with Crippen LogP contribution in [0.2, 0.25) is 0 Å². The number of nitrogen functional groups attached to an aromatic ring is 1. The van der Waals surface area contributed by atoms with Crippen LogP contribution in [0.25, 0.3) is 0 Å². The van der Waals surface area contributed by atoms with Crippen LogP contribution in [0.4, 0.5) is 5.82 Å². The molecular formula is C10H18N4O2S. The molecule has 0 radical (unpaired) electrons. The fourth-order valence-electron chi connectivity index (χ4n) is 2.19. The Morgan fingerprint density at radius 2 is 2.18 bits per heavy atom. The molecule has 2 heterocycles. The number of aromatic amines is 1. The van der Waals surface area contributed by atoms with E-state index in [2.05, 4.69) is 17.1 Å². The maximum Gasteiger partial charge on any atom is 0.248 e. The molecule has 1 saturated heterocycles. The van der Waals surface area contributed by atoms with Crippen molar-refractivity contribution in [3.63, 3.8) is 0 Å². The van der Waals surface area contributed by atoms with Gasteiger partial charge in [0.05, 0.1) is 6.20 Å². The number of aromatic nitrogens is 2. The van der Waals surface area contributed by atoms with E-state index < -0.39 is 10.0 Å². The lowest BCUT2D eigenvalue weighted by Gasteiger charge is -2.30. The van der Waals surface area contributed by atoms with Gasteiger partial charge in [0.25, 0.3) is 0 Å². The van der Waals surface area contributed by atoms with Crippen LogP contribution < -0.4 is 5.73 Å². The Hall–Kier alpha value is -1.08. The Balaban J connectivity index is 2.16. The molecule has 1 fully saturated rings. The highest BCUT2D eigenvalue weighted by atomic mass is 32.2. The zero-order chi connectivity index (χ0) is 12.5. The number of nitrogens with one attached hydrogen (secondary N) is 1. The van der Waals surface area contributed by atoms with Crippen LogP contribution in [0.15, 0.2) is 11.1 Å². The number of anilines is 1. The van der Waals surface area contributed by atoms with Crippen LogP contribution >= 0.6 is 0 Å². The van der Waals surface area contributed by atoms with Crippen LogP contribution in [-0.4, -0.2) is 36.0 Å². The number of nitrogens with zero attached hydrogens (tertiary/aromatic N) is 2. The maximum atomic E-state index is 12.3. The van der Waals surface area contributed by atoms with Gasteiger partial charge in [-0.2, -0.15) is 9.40 Å². The van der Waals surface area contributed by atoms with Gasteiger partial charge < -0.3 is 5.73 Å². The molecule has 6 nitrogen and oxygen atoms in total. The van der Waals surface area contributed by atoms with E-state index in [0.717, 1.165) is 19.3 Å². The van der Waals surface area contributed by atoms with Crippen LogP contribution in [0.1, 0.15) is 26.2 Å². The molecule has 0 spiro atoms. The molecule has 0 bridgehead atoms. The first-order valence-corrected chi connectivity index (χ1v) is 7.28. The highest BCUT2D eigenvalue weighted by Gasteiger charge is 2.30. The summed E-state index contributed by atoms with van der Waals surface area (Å²) in [6.07, 6.45) is 4.24. The zero-order valence-electron chi connectivity index (χ0n) is 9.89. The van der Waals surface area contributed by atoms with Crippen molar-refractivity contribution in [1.82, 2.24) is 14.5 Å². The molecule has 3 N–H and O–H groups in total. The summed E-state index contributed by atoms with van der Waals surface area (Å²) in [6.45, 7) is 3.29. The summed E-state index contributed by atoms with van der Waals surface area (Å²) in [5.74, 6) is 0.755. The van der Waals surface area contributed by atoms with Gasteiger partial charge in [-0.1, -0.05) is 13.3 Å². The van der Waals surface area contributed by atoms with Gasteiger partial charge in [-0.25, -0.2) is 8.42 Å². The molecule has 0 aliphatic carbocycles. The minimum absolute atomic E-state index is 0.0902. The third-order valence-electron chi connectivity index (χ3n) is 3.40. The topological polar surface area (TPSA) is 92.1 Å². The molecule has 7 heteroatoms. The average Bonchev–Trinajstić information content (AvgIpc) is 2.76. The van der Waals surface area contributed by atoms with Crippen LogP contribution in [0, 0.1) is 5.92 Å². The standard InChI is InChI=1S/C10H18N4O2S/c1-2-8-3-5-14(6-4-8)17(15,16)9-7-12-13-10(9)11/h7-8H,2-6H2,1H3,(H3,11,12,13). The van der Waals surface area contributed by atoms with Gasteiger partial charge in [0.15, 0.2) is 0 Å². The molecule has 0 amide bonds. The molecular weight excluding hydrogens is 240 g/mol. The van der Waals surface area contributed by atoms with Gasteiger partial charge >= 0.3 is 0 Å². The molecule has 0 unspecified atom stereocenters. The summed E-state index contributed by atoms with van der Waals surface area (Å²) in [7, 11) is -3.47. The second-order valence-corrected chi connectivity index (χ2v) is 6.31. The first-order chi connectivity index (χ1) is 8.05. The van der Waals surface area contributed by atoms with E-state index >= 15 is 0 Å². The first kappa shape index (κ1) is 12.4. The fraction of sp³-hybridized carbons (Fsp3) is 0.700. The van der Waals surface area contributed by atoms with Crippen LogP contribution in [0.5, 0.6) is 0 Å². The monoisotopic (exact) mass is 258 g/mol. The summed E-state index contributed by atoms with van der Waals surface area (Å²) in [5.41, 5.74) is 5.56. The Morgan fingerprint density at radius 1 is 1.53 bits per heavy atom. The van der Waals surface area contributed by atoms with Gasteiger partial charge in [0.1, 0.15) is 10.7 Å². The van der Waals surface area contributed by atoms with E-state index in [1.54, 1.807) is 0 Å². The number of hydrogen-bond acceptors (Lipinski definition) is 4. The van der Waals surface area contributed by atoms with E-state index in [-0.39, 0.29) is 10.7 Å². The quantitative estimate of drug-likeness (QED) is 0.839. The number of nitrogens with two attached hydrogens (primary N) is 1. The Bertz CT molecular complexity index is 474. The van der Waals surface area contributed by atoms with Crippen molar-refractivity contribution in [3.05, 3.63) is 6.20 Å². The maximum absolute atomic E-state index is 12.3. The van der Waals surface area contributed by atoms with Gasteiger partial charge in [0, 0.05) is 13.1 Å².